The van der Waals surface area contributed by atoms with Crippen LogP contribution in [0, 0.1) is 0 Å². The van der Waals surface area contributed by atoms with Gasteiger partial charge in [0.1, 0.15) is 12.0 Å². The highest BCUT2D eigenvalue weighted by molar-refractivity contribution is 7.96. The normalized spacial score (nSPS) is 12.8. The number of rotatable bonds is 4. The van der Waals surface area contributed by atoms with Crippen molar-refractivity contribution >= 4 is 21.8 Å². The summed E-state index contributed by atoms with van der Waals surface area (Å²) >= 11 is 0. The van der Waals surface area contributed by atoms with E-state index >= 15 is 0 Å². The Labute approximate surface area is 109 Å². The first-order valence-corrected chi connectivity index (χ1v) is 7.92. The van der Waals surface area contributed by atoms with Crippen molar-refractivity contribution in [2.75, 3.05) is 12.0 Å². The van der Waals surface area contributed by atoms with E-state index in [1.807, 2.05) is 24.5 Å². The predicted octanol–water partition coefficient (Wildman–Crippen LogP) is 2.64. The minimum Gasteiger partial charge on any atom is -0.503 e. The van der Waals surface area contributed by atoms with Gasteiger partial charge in [-0.2, -0.15) is 0 Å². The number of aromatic hydroxyl groups is 1. The zero-order valence-electron chi connectivity index (χ0n) is 10.7. The third-order valence-corrected chi connectivity index (χ3v) is 4.98. The molecule has 0 spiro atoms. The lowest BCUT2D eigenvalue weighted by Crippen LogP contribution is -2.19. The summed E-state index contributed by atoms with van der Waals surface area (Å²) in [7, 11) is -0.206. The second-order valence-electron chi connectivity index (χ2n) is 4.37. The van der Waals surface area contributed by atoms with Gasteiger partial charge in [0, 0.05) is 16.3 Å². The highest BCUT2D eigenvalue weighted by Gasteiger charge is 2.25. The molecular formula is C14H18NO2S+. The minimum absolute atomic E-state index is 0.149. The van der Waals surface area contributed by atoms with Crippen LogP contribution in [0.1, 0.15) is 19.8 Å². The van der Waals surface area contributed by atoms with Gasteiger partial charge in [-0.15, -0.1) is 0 Å². The number of benzene rings is 1. The van der Waals surface area contributed by atoms with E-state index in [0.717, 1.165) is 24.0 Å². The molecule has 3 nitrogen and oxygen atoms in total. The van der Waals surface area contributed by atoms with Gasteiger partial charge in [0.2, 0.25) is 0 Å². The maximum atomic E-state index is 12.1. The van der Waals surface area contributed by atoms with Crippen LogP contribution in [0.3, 0.4) is 0 Å². The quantitative estimate of drug-likeness (QED) is 0.834. The van der Waals surface area contributed by atoms with Crippen LogP contribution in [-0.4, -0.2) is 22.1 Å². The fourth-order valence-corrected chi connectivity index (χ4v) is 3.73. The Bertz CT molecular complexity index is 606. The largest absolute Gasteiger partial charge is 0.503 e. The average Bonchev–Trinajstić information content (AvgIpc) is 2.36. The standard InChI is InChI=1S/C14H17NO2S/c1-3-4-9-18(2)13-12(16)10-7-5-6-8-11(10)15-14(13)17/h5-8H,3-4,9H2,1-2H3,(H-,15,16,17)/p+1. The first-order valence-electron chi connectivity index (χ1n) is 6.11. The van der Waals surface area contributed by atoms with Gasteiger partial charge in [-0.1, -0.05) is 25.5 Å². The number of H-pyrrole nitrogens is 1. The highest BCUT2D eigenvalue weighted by atomic mass is 32.2. The average molecular weight is 264 g/mol. The SMILES string of the molecule is CCCC[S+](C)c1c(O)c2ccccc2[nH]c1=O. The first-order chi connectivity index (χ1) is 8.65. The van der Waals surface area contributed by atoms with Crippen LogP contribution in [0.2, 0.25) is 0 Å². The lowest BCUT2D eigenvalue weighted by Gasteiger charge is -2.06. The number of hydrogen-bond acceptors (Lipinski definition) is 2. The topological polar surface area (TPSA) is 53.1 Å². The summed E-state index contributed by atoms with van der Waals surface area (Å²) in [4.78, 5) is 15.4. The van der Waals surface area contributed by atoms with E-state index in [1.165, 1.54) is 0 Å². The van der Waals surface area contributed by atoms with Crippen LogP contribution in [0.15, 0.2) is 34.0 Å². The summed E-state index contributed by atoms with van der Waals surface area (Å²) in [5, 5.41) is 11.0. The second-order valence-corrected chi connectivity index (χ2v) is 6.46. The fourth-order valence-electron chi connectivity index (χ4n) is 1.99. The summed E-state index contributed by atoms with van der Waals surface area (Å²) in [6.45, 7) is 2.13. The van der Waals surface area contributed by atoms with Crippen LogP contribution in [-0.2, 0) is 10.9 Å². The molecule has 0 radical (unpaired) electrons. The Balaban J connectivity index is 2.53. The van der Waals surface area contributed by atoms with Crippen LogP contribution in [0.25, 0.3) is 10.9 Å². The van der Waals surface area contributed by atoms with Crippen LogP contribution < -0.4 is 5.56 Å². The third-order valence-electron chi connectivity index (χ3n) is 3.00. The van der Waals surface area contributed by atoms with Crippen LogP contribution in [0.5, 0.6) is 5.75 Å². The Hall–Kier alpha value is -1.42. The monoisotopic (exact) mass is 264 g/mol. The fraction of sp³-hybridized carbons (Fsp3) is 0.357. The van der Waals surface area contributed by atoms with E-state index < -0.39 is 0 Å². The van der Waals surface area contributed by atoms with E-state index in [4.69, 9.17) is 0 Å². The van der Waals surface area contributed by atoms with Crippen molar-refractivity contribution in [2.45, 2.75) is 24.7 Å². The maximum Gasteiger partial charge on any atom is 0.307 e. The van der Waals surface area contributed by atoms with Gasteiger partial charge >= 0.3 is 5.56 Å². The van der Waals surface area contributed by atoms with Gasteiger partial charge in [0.25, 0.3) is 4.90 Å². The van der Waals surface area contributed by atoms with Crippen molar-refractivity contribution in [2.24, 2.45) is 0 Å². The van der Waals surface area contributed by atoms with Crippen molar-refractivity contribution in [3.63, 3.8) is 0 Å². The van der Waals surface area contributed by atoms with Gasteiger partial charge in [0.05, 0.1) is 5.52 Å². The Morgan fingerprint density at radius 3 is 2.78 bits per heavy atom. The number of aromatic nitrogens is 1. The number of nitrogens with one attached hydrogen (secondary N) is 1. The van der Waals surface area contributed by atoms with Crippen LogP contribution >= 0.6 is 0 Å². The smallest absolute Gasteiger partial charge is 0.307 e. The molecule has 0 aliphatic carbocycles. The highest BCUT2D eigenvalue weighted by Crippen LogP contribution is 2.28. The molecule has 1 aromatic carbocycles. The molecule has 18 heavy (non-hydrogen) atoms. The van der Waals surface area contributed by atoms with E-state index in [0.29, 0.717) is 10.4 Å². The van der Waals surface area contributed by atoms with Crippen molar-refractivity contribution in [3.05, 3.63) is 34.6 Å². The molecule has 0 aliphatic rings. The van der Waals surface area contributed by atoms with Crippen LogP contribution in [0.4, 0.5) is 0 Å². The van der Waals surface area contributed by atoms with E-state index in [1.54, 1.807) is 6.07 Å². The molecular weight excluding hydrogens is 246 g/mol. The molecule has 0 saturated carbocycles. The number of unbranched alkanes of at least 4 members (excludes halogenated alkanes) is 1. The molecule has 1 unspecified atom stereocenters. The van der Waals surface area contributed by atoms with Gasteiger partial charge < -0.3 is 10.1 Å². The molecule has 96 valence electrons. The molecule has 1 heterocycles. The number of aromatic amines is 1. The number of hydrogen-bond donors (Lipinski definition) is 2. The lowest BCUT2D eigenvalue weighted by atomic mass is 10.2. The molecule has 2 rings (SSSR count). The first kappa shape index (κ1) is 13.0. The Kier molecular flexibility index (Phi) is 3.97. The van der Waals surface area contributed by atoms with Gasteiger partial charge in [-0.05, 0) is 18.6 Å². The van der Waals surface area contributed by atoms with Crippen molar-refractivity contribution in [1.29, 1.82) is 0 Å². The minimum atomic E-state index is -0.206. The third kappa shape index (κ3) is 2.38. The molecule has 4 heteroatoms. The van der Waals surface area contributed by atoms with Crippen molar-refractivity contribution < 1.29 is 5.11 Å². The van der Waals surface area contributed by atoms with E-state index in [2.05, 4.69) is 11.9 Å². The van der Waals surface area contributed by atoms with Gasteiger partial charge in [-0.25, -0.2) is 0 Å². The summed E-state index contributed by atoms with van der Waals surface area (Å²) < 4.78 is 0. The van der Waals surface area contributed by atoms with Crippen molar-refractivity contribution in [1.82, 2.24) is 4.98 Å². The summed E-state index contributed by atoms with van der Waals surface area (Å²) in [5.74, 6) is 1.10. The predicted molar refractivity (Wildman–Crippen MR) is 77.6 cm³/mol. The summed E-state index contributed by atoms with van der Waals surface area (Å²) in [6.07, 6.45) is 4.20. The molecule has 1 atom stereocenters. The van der Waals surface area contributed by atoms with E-state index in [-0.39, 0.29) is 22.2 Å². The summed E-state index contributed by atoms with van der Waals surface area (Å²) in [6, 6.07) is 7.35. The molecule has 1 aromatic heterocycles. The van der Waals surface area contributed by atoms with Gasteiger partial charge in [0.15, 0.2) is 5.75 Å². The number of fused-ring (bicyclic) bond motifs is 1. The molecule has 0 saturated heterocycles. The second kappa shape index (κ2) is 5.48. The Morgan fingerprint density at radius 2 is 2.06 bits per heavy atom. The Morgan fingerprint density at radius 1 is 1.33 bits per heavy atom. The zero-order valence-corrected chi connectivity index (χ0v) is 11.5. The molecule has 0 aliphatic heterocycles. The molecule has 2 aromatic rings. The lowest BCUT2D eigenvalue weighted by molar-refractivity contribution is 0.466. The van der Waals surface area contributed by atoms with E-state index in [9.17, 15) is 9.90 Å². The molecule has 0 bridgehead atoms. The molecule has 2 N–H and O–H groups in total. The molecule has 0 amide bonds. The zero-order chi connectivity index (χ0) is 13.1. The van der Waals surface area contributed by atoms with Gasteiger partial charge in [-0.3, -0.25) is 4.79 Å². The maximum absolute atomic E-state index is 12.1. The number of pyridine rings is 1. The van der Waals surface area contributed by atoms with Crippen molar-refractivity contribution in [3.8, 4) is 5.75 Å². The molecule has 0 fully saturated rings. The summed E-state index contributed by atoms with van der Waals surface area (Å²) in [5.41, 5.74) is 0.532. The number of para-hydroxylation sites is 1.